The van der Waals surface area contributed by atoms with E-state index in [0.29, 0.717) is 11.1 Å². The number of hydrogen-bond acceptors (Lipinski definition) is 22. The summed E-state index contributed by atoms with van der Waals surface area (Å²) in [6, 6.07) is 7.55. The molecule has 14 N–H and O–H groups in total. The van der Waals surface area contributed by atoms with Gasteiger partial charge in [-0.25, -0.2) is 28.6 Å². The minimum absolute atomic E-state index is 0.00122. The Morgan fingerprint density at radius 3 is 2.01 bits per heavy atom. The van der Waals surface area contributed by atoms with Crippen molar-refractivity contribution in [2.75, 3.05) is 37.8 Å². The number of aromatic nitrogens is 4. The predicted molar refractivity (Wildman–Crippen MR) is 251 cm³/mol. The molecule has 0 radical (unpaired) electrons. The van der Waals surface area contributed by atoms with Gasteiger partial charge in [-0.3, -0.25) is 37.3 Å². The van der Waals surface area contributed by atoms with Crippen LogP contribution in [0.4, 0.5) is 5.82 Å². The minimum atomic E-state index is -5.65. The van der Waals surface area contributed by atoms with Crippen LogP contribution >= 0.6 is 34.4 Å². The van der Waals surface area contributed by atoms with Crippen LogP contribution in [0.25, 0.3) is 23.3 Å². The third kappa shape index (κ3) is 15.9. The van der Waals surface area contributed by atoms with E-state index in [2.05, 4.69) is 34.4 Å². The second-order valence-electron chi connectivity index (χ2n) is 16.1. The second kappa shape index (κ2) is 23.9. The number of nitrogens with zero attached hydrogens (tertiary/aromatic N) is 4. The number of phosphoric acid groups is 3. The number of aromatic hydroxyl groups is 4. The molecule has 1 aliphatic heterocycles. The lowest BCUT2D eigenvalue weighted by Gasteiger charge is -2.30. The van der Waals surface area contributed by atoms with E-state index in [4.69, 9.17) is 19.5 Å². The molecule has 0 spiro atoms. The summed E-state index contributed by atoms with van der Waals surface area (Å²) in [6.45, 7) is -0.331. The molecule has 3 unspecified atom stereocenters. The van der Waals surface area contributed by atoms with Crippen LogP contribution in [-0.2, 0) is 55.5 Å². The minimum Gasteiger partial charge on any atom is -0.504 e. The maximum Gasteiger partial charge on any atom is 0.481 e. The number of hydrogen-bond donors (Lipinski definition) is 14. The fraction of sp³-hybridized carbons (Fsp3) is 0.359. The lowest BCUT2D eigenvalue weighted by molar-refractivity contribution is -0.137. The molecule has 1 fully saturated rings. The van der Waals surface area contributed by atoms with E-state index >= 15 is 0 Å². The Kier molecular flexibility index (Phi) is 19.0. The maximum absolute atomic E-state index is 13.3. The Bertz CT molecular complexity index is 2790. The van der Waals surface area contributed by atoms with Crippen molar-refractivity contribution < 1.29 is 106 Å². The summed E-state index contributed by atoms with van der Waals surface area (Å²) < 4.78 is 62.5. The molecule has 4 aromatic rings. The number of nitrogens with one attached hydrogen (secondary N) is 2. The number of fused-ring (bicyclic) bond motifs is 1. The van der Waals surface area contributed by atoms with Crippen molar-refractivity contribution in [3.05, 3.63) is 72.3 Å². The molecule has 3 heterocycles. The molecule has 0 bridgehead atoms. The van der Waals surface area contributed by atoms with Gasteiger partial charge >= 0.3 is 23.5 Å². The number of carbonyl (C=O) groups is 4. The van der Waals surface area contributed by atoms with E-state index in [0.717, 1.165) is 29.4 Å². The van der Waals surface area contributed by atoms with E-state index in [1.165, 1.54) is 62.4 Å². The summed E-state index contributed by atoms with van der Waals surface area (Å²) in [5.74, 6) is -3.66. The van der Waals surface area contributed by atoms with Gasteiger partial charge in [-0.15, -0.1) is 10.9 Å². The number of ether oxygens (including phenoxy) is 1. The summed E-state index contributed by atoms with van der Waals surface area (Å²) in [4.78, 5) is 103. The summed E-state index contributed by atoms with van der Waals surface area (Å²) >= 11 is 0. The Labute approximate surface area is 409 Å². The number of nitrogens with two attached hydrogens (primary N) is 1. The fourth-order valence-corrected chi connectivity index (χ4v) is 10.7. The van der Waals surface area contributed by atoms with Crippen LogP contribution in [0.2, 0.25) is 0 Å². The first kappa shape index (κ1) is 57.3. The number of amides is 2. The molecule has 1 saturated heterocycles. The van der Waals surface area contributed by atoms with Crippen molar-refractivity contribution in [2.45, 2.75) is 50.9 Å². The number of imidazole rings is 1. The molecule has 2 aromatic heterocycles. The fourth-order valence-electron chi connectivity index (χ4n) is 6.38. The number of thiol groups is 1. The normalized spacial score (nSPS) is 20.2. The number of aliphatic hydroxyl groups is 2. The van der Waals surface area contributed by atoms with E-state index in [-0.39, 0.29) is 42.2 Å². The highest BCUT2D eigenvalue weighted by Crippen LogP contribution is 2.61. The number of benzene rings is 2. The summed E-state index contributed by atoms with van der Waals surface area (Å²) in [5, 5.41) is 63.9. The van der Waals surface area contributed by atoms with Gasteiger partial charge in [-0.2, -0.15) is 4.31 Å². The molecule has 29 nitrogen and oxygen atoms in total. The number of phenols is 4. The Morgan fingerprint density at radius 2 is 1.44 bits per heavy atom. The van der Waals surface area contributed by atoms with Gasteiger partial charge in [0.05, 0.1) is 19.5 Å². The zero-order chi connectivity index (χ0) is 53.3. The molecule has 394 valence electrons. The number of rotatable bonds is 23. The van der Waals surface area contributed by atoms with Crippen LogP contribution in [0.5, 0.6) is 23.0 Å². The lowest BCUT2D eigenvalue weighted by atomic mass is 9.87. The molecule has 0 saturated carbocycles. The Morgan fingerprint density at radius 1 is 0.861 bits per heavy atom. The molecular weight excluding hydrogens is 1040 g/mol. The summed E-state index contributed by atoms with van der Waals surface area (Å²) in [5.41, 5.74) is 4.75. The van der Waals surface area contributed by atoms with Gasteiger partial charge in [0.2, 0.25) is 11.8 Å². The van der Waals surface area contributed by atoms with E-state index < -0.39 is 129 Å². The zero-order valence-corrected chi connectivity index (χ0v) is 41.2. The van der Waals surface area contributed by atoms with Crippen LogP contribution in [0, 0.1) is 5.41 Å². The van der Waals surface area contributed by atoms with Gasteiger partial charge in [0.1, 0.15) is 36.3 Å². The molecular formula is C39H50N7O22P3S. The van der Waals surface area contributed by atoms with Gasteiger partial charge in [0.25, 0.3) is 0 Å². The largest absolute Gasteiger partial charge is 0.504 e. The number of anilines is 1. The first-order valence-electron chi connectivity index (χ1n) is 20.7. The highest BCUT2D eigenvalue weighted by molar-refractivity contribution is 8.41. The molecule has 33 heteroatoms. The van der Waals surface area contributed by atoms with E-state index in [9.17, 15) is 83.1 Å². The number of nitrogen functional groups attached to an aromatic ring is 1. The van der Waals surface area contributed by atoms with Crippen molar-refractivity contribution in [1.82, 2.24) is 30.2 Å². The summed E-state index contributed by atoms with van der Waals surface area (Å²) in [6.07, 6.45) is -2.66. The quantitative estimate of drug-likeness (QED) is 0.0210. The standard InChI is InChI=1S/C39H50N7O22P3S/c1-39(2,18-65-71(62,63)68-70(60,61)64-17-27-33(67-69(57,58)59)32(54)38(66-27)46-20-45-31-35(40)43-19-44-36(31)46)34(55)37(56)42-12-11-28(51)41-13-14-72(29(52)9-5-21-3-7-23(47)25(49)15-21)30(53)10-6-22-4-8-24(48)26(50)16-22/h3-10,15-16,19-20,27,32-34,38,47-50,54-55,72H,11-14,17-18H2,1-2H3,(H,41,51)(H,42,56)(H,60,61)(H,62,63)(H2,40,43,44)(H2,57,58,59)/t27-,32-,33-,34?,38-/m1/s1. The third-order valence-electron chi connectivity index (χ3n) is 10.1. The highest BCUT2D eigenvalue weighted by Gasteiger charge is 2.50. The molecule has 2 amide bonds. The van der Waals surface area contributed by atoms with Crippen molar-refractivity contribution >= 4 is 85.5 Å². The number of carbonyl (C=O) groups excluding carboxylic acids is 4. The van der Waals surface area contributed by atoms with E-state index in [1.807, 2.05) is 0 Å². The molecule has 7 atom stereocenters. The van der Waals surface area contributed by atoms with Gasteiger partial charge in [0, 0.05) is 30.7 Å². The van der Waals surface area contributed by atoms with Crippen molar-refractivity contribution in [3.8, 4) is 23.0 Å². The Balaban J connectivity index is 1.09. The molecule has 1 aliphatic rings. The molecule has 72 heavy (non-hydrogen) atoms. The first-order chi connectivity index (χ1) is 33.6. The van der Waals surface area contributed by atoms with E-state index in [1.54, 1.807) is 0 Å². The van der Waals surface area contributed by atoms with Crippen molar-refractivity contribution in [1.29, 1.82) is 0 Å². The SMILES string of the molecule is CC(C)(COP(=O)(O)OP(=O)(O)OC[C@H]1O[C@@H](n2cnc3c(N)ncnc32)[C@H](O)[C@@H]1OP(=O)(O)O)C(O)C(=O)NCCC(=O)NCC[SH](C(=O)C=Cc1ccc(O)c(O)c1)C(=O)C=Cc1ccc(O)c(O)c1. The second-order valence-corrected chi connectivity index (χ2v) is 22.5. The molecule has 0 aliphatic carbocycles. The average molecular weight is 1090 g/mol. The smallest absolute Gasteiger partial charge is 0.481 e. The van der Waals surface area contributed by atoms with Crippen LogP contribution in [0.3, 0.4) is 0 Å². The molecule has 5 rings (SSSR count). The monoisotopic (exact) mass is 1090 g/mol. The predicted octanol–water partition coefficient (Wildman–Crippen LogP) is 0.709. The van der Waals surface area contributed by atoms with Crippen LogP contribution in [0.15, 0.2) is 61.2 Å². The number of aliphatic hydroxyl groups excluding tert-OH is 2. The molecule has 2 aromatic carbocycles. The van der Waals surface area contributed by atoms with Gasteiger partial charge in [-0.1, -0.05) is 38.1 Å². The number of phosphoric ester groups is 3. The van der Waals surface area contributed by atoms with Crippen LogP contribution < -0.4 is 16.4 Å². The van der Waals surface area contributed by atoms with Crippen molar-refractivity contribution in [2.24, 2.45) is 5.41 Å². The maximum atomic E-state index is 13.3. The lowest BCUT2D eigenvalue weighted by Crippen LogP contribution is -2.46. The van der Waals surface area contributed by atoms with Crippen LogP contribution in [-0.4, -0.2) is 148 Å². The topological polar surface area (TPSA) is 462 Å². The van der Waals surface area contributed by atoms with Gasteiger partial charge in [0.15, 0.2) is 50.9 Å². The van der Waals surface area contributed by atoms with Crippen molar-refractivity contribution in [3.63, 3.8) is 0 Å². The third-order valence-corrected chi connectivity index (χ3v) is 15.2. The number of phenolic OH excluding ortho intramolecular Hbond substituents is 4. The van der Waals surface area contributed by atoms with Crippen LogP contribution in [0.1, 0.15) is 37.6 Å². The van der Waals surface area contributed by atoms with Gasteiger partial charge in [-0.05, 0) is 47.5 Å². The van der Waals surface area contributed by atoms with Gasteiger partial charge < -0.3 is 71.3 Å². The Hall–Kier alpha value is -5.65. The highest BCUT2D eigenvalue weighted by atomic mass is 32.2. The zero-order valence-electron chi connectivity index (χ0n) is 37.6. The average Bonchev–Trinajstić information content (AvgIpc) is 3.86. The summed E-state index contributed by atoms with van der Waals surface area (Å²) in [7, 11) is -18.8. The first-order valence-corrected chi connectivity index (χ1v) is 26.8.